The van der Waals surface area contributed by atoms with Gasteiger partial charge in [0.15, 0.2) is 11.5 Å². The zero-order valence-corrected chi connectivity index (χ0v) is 13.0. The monoisotopic (exact) mass is 353 g/mol. The molecule has 2 aromatic rings. The van der Waals surface area contributed by atoms with E-state index in [1.807, 2.05) is 36.4 Å². The Bertz CT molecular complexity index is 633. The summed E-state index contributed by atoms with van der Waals surface area (Å²) in [6, 6.07) is 11.9. The van der Waals surface area contributed by atoms with E-state index in [2.05, 4.69) is 21.2 Å². The first kappa shape index (κ1) is 13.7. The van der Waals surface area contributed by atoms with Gasteiger partial charge >= 0.3 is 0 Å². The van der Waals surface area contributed by atoms with Crippen LogP contribution in [0, 0.1) is 0 Å². The SMILES string of the molecule is Clc1ccccc1CNCc1cc(Br)c2c(c1)OCO2. The van der Waals surface area contributed by atoms with Gasteiger partial charge < -0.3 is 14.8 Å². The molecule has 0 amide bonds. The van der Waals surface area contributed by atoms with Gasteiger partial charge in [0.1, 0.15) is 0 Å². The molecule has 0 fully saturated rings. The molecule has 1 aliphatic rings. The molecule has 0 spiro atoms. The topological polar surface area (TPSA) is 30.5 Å². The second-order valence-electron chi connectivity index (χ2n) is 4.51. The highest BCUT2D eigenvalue weighted by Gasteiger charge is 2.17. The highest BCUT2D eigenvalue weighted by molar-refractivity contribution is 9.10. The maximum absolute atomic E-state index is 6.12. The first-order valence-electron chi connectivity index (χ1n) is 6.26. The van der Waals surface area contributed by atoms with Gasteiger partial charge in [0.05, 0.1) is 4.47 Å². The van der Waals surface area contributed by atoms with Gasteiger partial charge in [-0.1, -0.05) is 29.8 Å². The third-order valence-electron chi connectivity index (χ3n) is 3.09. The van der Waals surface area contributed by atoms with Crippen LogP contribution in [0.15, 0.2) is 40.9 Å². The predicted octanol–water partition coefficient (Wildman–Crippen LogP) is 4.12. The molecule has 0 saturated carbocycles. The quantitative estimate of drug-likeness (QED) is 0.896. The van der Waals surface area contributed by atoms with Crippen LogP contribution in [-0.4, -0.2) is 6.79 Å². The lowest BCUT2D eigenvalue weighted by molar-refractivity contribution is 0.173. The summed E-state index contributed by atoms with van der Waals surface area (Å²) in [4.78, 5) is 0. The van der Waals surface area contributed by atoms with Crippen molar-refractivity contribution in [3.8, 4) is 11.5 Å². The Morgan fingerprint density at radius 1 is 1.15 bits per heavy atom. The zero-order chi connectivity index (χ0) is 13.9. The van der Waals surface area contributed by atoms with E-state index in [9.17, 15) is 0 Å². The summed E-state index contributed by atoms with van der Waals surface area (Å²) in [5.41, 5.74) is 2.22. The molecule has 0 saturated heterocycles. The van der Waals surface area contributed by atoms with Crippen molar-refractivity contribution in [2.45, 2.75) is 13.1 Å². The van der Waals surface area contributed by atoms with Crippen LogP contribution in [0.25, 0.3) is 0 Å². The summed E-state index contributed by atoms with van der Waals surface area (Å²) in [6.07, 6.45) is 0. The Balaban J connectivity index is 1.65. The number of hydrogen-bond donors (Lipinski definition) is 1. The maximum atomic E-state index is 6.12. The van der Waals surface area contributed by atoms with Crippen molar-refractivity contribution in [2.24, 2.45) is 0 Å². The van der Waals surface area contributed by atoms with E-state index < -0.39 is 0 Å². The van der Waals surface area contributed by atoms with E-state index in [-0.39, 0.29) is 6.79 Å². The molecule has 1 heterocycles. The average Bonchev–Trinajstić information content (AvgIpc) is 2.90. The molecule has 2 aromatic carbocycles. The standard InChI is InChI=1S/C15H13BrClNO2/c16-12-5-10(6-14-15(12)20-9-19-14)7-18-8-11-3-1-2-4-13(11)17/h1-6,18H,7-9H2. The second-order valence-corrected chi connectivity index (χ2v) is 5.77. The smallest absolute Gasteiger partial charge is 0.231 e. The average molecular weight is 355 g/mol. The van der Waals surface area contributed by atoms with Crippen molar-refractivity contribution in [3.63, 3.8) is 0 Å². The molecule has 3 nitrogen and oxygen atoms in total. The molecule has 1 aliphatic heterocycles. The molecule has 0 aliphatic carbocycles. The number of nitrogens with one attached hydrogen (secondary N) is 1. The largest absolute Gasteiger partial charge is 0.454 e. The summed E-state index contributed by atoms with van der Waals surface area (Å²) < 4.78 is 11.7. The van der Waals surface area contributed by atoms with Gasteiger partial charge in [-0.05, 0) is 45.3 Å². The highest BCUT2D eigenvalue weighted by Crippen LogP contribution is 2.39. The van der Waals surface area contributed by atoms with Crippen LogP contribution >= 0.6 is 27.5 Å². The molecule has 5 heteroatoms. The van der Waals surface area contributed by atoms with E-state index in [1.165, 1.54) is 0 Å². The summed E-state index contributed by atoms with van der Waals surface area (Å²) in [6.45, 7) is 1.75. The number of benzene rings is 2. The number of ether oxygens (including phenoxy) is 2. The molecule has 3 rings (SSSR count). The molecule has 0 unspecified atom stereocenters. The number of rotatable bonds is 4. The number of hydrogen-bond acceptors (Lipinski definition) is 3. The molecule has 0 aromatic heterocycles. The molecule has 0 radical (unpaired) electrons. The zero-order valence-electron chi connectivity index (χ0n) is 10.7. The maximum Gasteiger partial charge on any atom is 0.231 e. The van der Waals surface area contributed by atoms with Crippen LogP contribution in [0.5, 0.6) is 11.5 Å². The second kappa shape index (κ2) is 6.04. The van der Waals surface area contributed by atoms with Crippen LogP contribution in [0.1, 0.15) is 11.1 Å². The van der Waals surface area contributed by atoms with Crippen LogP contribution < -0.4 is 14.8 Å². The molecule has 104 valence electrons. The van der Waals surface area contributed by atoms with Crippen LogP contribution in [0.2, 0.25) is 5.02 Å². The summed E-state index contributed by atoms with van der Waals surface area (Å²) in [7, 11) is 0. The minimum Gasteiger partial charge on any atom is -0.454 e. The fraction of sp³-hybridized carbons (Fsp3) is 0.200. The molecule has 0 bridgehead atoms. The third kappa shape index (κ3) is 2.92. The van der Waals surface area contributed by atoms with Crippen molar-refractivity contribution >= 4 is 27.5 Å². The van der Waals surface area contributed by atoms with Gasteiger partial charge in [0.25, 0.3) is 0 Å². The lowest BCUT2D eigenvalue weighted by Crippen LogP contribution is -2.12. The van der Waals surface area contributed by atoms with Crippen molar-refractivity contribution < 1.29 is 9.47 Å². The Hall–Kier alpha value is -1.23. The van der Waals surface area contributed by atoms with Gasteiger partial charge in [0.2, 0.25) is 6.79 Å². The van der Waals surface area contributed by atoms with Crippen molar-refractivity contribution in [1.29, 1.82) is 0 Å². The first-order valence-corrected chi connectivity index (χ1v) is 7.43. The van der Waals surface area contributed by atoms with Crippen molar-refractivity contribution in [2.75, 3.05) is 6.79 Å². The fourth-order valence-corrected chi connectivity index (χ4v) is 2.91. The van der Waals surface area contributed by atoms with Gasteiger partial charge in [-0.15, -0.1) is 0 Å². The van der Waals surface area contributed by atoms with E-state index >= 15 is 0 Å². The number of fused-ring (bicyclic) bond motifs is 1. The summed E-state index contributed by atoms with van der Waals surface area (Å²) >= 11 is 9.62. The van der Waals surface area contributed by atoms with Crippen molar-refractivity contribution in [1.82, 2.24) is 5.32 Å². The molecule has 0 atom stereocenters. The predicted molar refractivity (Wildman–Crippen MR) is 82.3 cm³/mol. The summed E-state index contributed by atoms with van der Waals surface area (Å²) in [5, 5.41) is 4.16. The lowest BCUT2D eigenvalue weighted by Gasteiger charge is -2.08. The molecule has 1 N–H and O–H groups in total. The molecule has 20 heavy (non-hydrogen) atoms. The van der Waals surface area contributed by atoms with E-state index in [4.69, 9.17) is 21.1 Å². The number of halogens is 2. The highest BCUT2D eigenvalue weighted by atomic mass is 79.9. The third-order valence-corrected chi connectivity index (χ3v) is 4.05. The Morgan fingerprint density at radius 3 is 2.85 bits per heavy atom. The Morgan fingerprint density at radius 2 is 2.00 bits per heavy atom. The van der Waals surface area contributed by atoms with Gasteiger partial charge in [-0.25, -0.2) is 0 Å². The van der Waals surface area contributed by atoms with Crippen LogP contribution in [0.3, 0.4) is 0 Å². The Labute approximate surface area is 131 Å². The van der Waals surface area contributed by atoms with E-state index in [0.29, 0.717) is 0 Å². The van der Waals surface area contributed by atoms with Crippen LogP contribution in [0.4, 0.5) is 0 Å². The fourth-order valence-electron chi connectivity index (χ4n) is 2.11. The van der Waals surface area contributed by atoms with Crippen LogP contribution in [-0.2, 0) is 13.1 Å². The van der Waals surface area contributed by atoms with E-state index in [1.54, 1.807) is 0 Å². The molecular formula is C15H13BrClNO2. The van der Waals surface area contributed by atoms with E-state index in [0.717, 1.165) is 45.2 Å². The van der Waals surface area contributed by atoms with Gasteiger partial charge in [0, 0.05) is 18.1 Å². The Kier molecular flexibility index (Phi) is 4.15. The first-order chi connectivity index (χ1) is 9.74. The van der Waals surface area contributed by atoms with Gasteiger partial charge in [-0.2, -0.15) is 0 Å². The minimum atomic E-state index is 0.282. The van der Waals surface area contributed by atoms with Crippen molar-refractivity contribution in [3.05, 3.63) is 57.0 Å². The summed E-state index contributed by atoms with van der Waals surface area (Å²) in [5.74, 6) is 1.56. The minimum absolute atomic E-state index is 0.282. The van der Waals surface area contributed by atoms with Gasteiger partial charge in [-0.3, -0.25) is 0 Å². The lowest BCUT2D eigenvalue weighted by atomic mass is 10.2. The molecular weight excluding hydrogens is 342 g/mol. The normalized spacial score (nSPS) is 12.7.